The molecule has 1 heterocycles. The normalized spacial score (nSPS) is 12.1. The second-order valence-electron chi connectivity index (χ2n) is 6.50. The molecule has 0 spiro atoms. The van der Waals surface area contributed by atoms with Crippen molar-refractivity contribution < 1.29 is 14.0 Å². The number of fused-ring (bicyclic) bond motifs is 3. The molecule has 3 nitrogen and oxygen atoms in total. The fourth-order valence-electron chi connectivity index (χ4n) is 3.39. The largest absolute Gasteiger partial charge is 0.864 e. The van der Waals surface area contributed by atoms with Crippen LogP contribution < -0.4 is 14.0 Å². The molecular formula is C24H17BO3. The van der Waals surface area contributed by atoms with E-state index in [1.54, 1.807) is 0 Å². The van der Waals surface area contributed by atoms with Crippen molar-refractivity contribution in [3.05, 3.63) is 103 Å². The summed E-state index contributed by atoms with van der Waals surface area (Å²) in [5, 5.41) is 0. The van der Waals surface area contributed by atoms with Crippen molar-refractivity contribution in [2.45, 2.75) is 0 Å². The quantitative estimate of drug-likeness (QED) is 0.427. The molecule has 0 saturated carbocycles. The van der Waals surface area contributed by atoms with Gasteiger partial charge in [-0.15, -0.1) is 0 Å². The number of para-hydroxylation sites is 3. The molecule has 5 rings (SSSR count). The molecular weight excluding hydrogens is 347 g/mol. The average molecular weight is 364 g/mol. The van der Waals surface area contributed by atoms with Gasteiger partial charge in [-0.2, -0.15) is 0 Å². The highest BCUT2D eigenvalue weighted by Gasteiger charge is 2.35. The first-order valence-electron chi connectivity index (χ1n) is 9.21. The lowest BCUT2D eigenvalue weighted by Gasteiger charge is -2.17. The Morgan fingerprint density at radius 1 is 0.500 bits per heavy atom. The minimum atomic E-state index is -0.894. The van der Waals surface area contributed by atoms with E-state index in [0.717, 1.165) is 33.8 Å². The molecule has 4 heteroatoms. The summed E-state index contributed by atoms with van der Waals surface area (Å²) in [7, 11) is -0.894. The van der Waals surface area contributed by atoms with E-state index < -0.39 is 7.32 Å². The maximum absolute atomic E-state index is 6.19. The van der Waals surface area contributed by atoms with Gasteiger partial charge in [0.25, 0.3) is 0 Å². The standard InChI is InChI=1S/C24H17BO3/c1-2-10-18(11-3-1)19-12-4-7-15-22(19)26-25-27-23-16-8-5-13-20(23)21-14-6-9-17-24(21)28-25/h1-17H. The highest BCUT2D eigenvalue weighted by atomic mass is 16.7. The molecule has 0 unspecified atom stereocenters. The summed E-state index contributed by atoms with van der Waals surface area (Å²) in [6.45, 7) is 0. The summed E-state index contributed by atoms with van der Waals surface area (Å²) in [4.78, 5) is 0. The summed E-state index contributed by atoms with van der Waals surface area (Å²) in [6, 6.07) is 33.8. The predicted molar refractivity (Wildman–Crippen MR) is 111 cm³/mol. The van der Waals surface area contributed by atoms with Crippen molar-refractivity contribution in [3.63, 3.8) is 0 Å². The Labute approximate surface area is 164 Å². The molecule has 0 aromatic heterocycles. The van der Waals surface area contributed by atoms with Crippen LogP contribution in [-0.2, 0) is 0 Å². The lowest BCUT2D eigenvalue weighted by molar-refractivity contribution is 0.312. The molecule has 28 heavy (non-hydrogen) atoms. The van der Waals surface area contributed by atoms with Gasteiger partial charge in [-0.05, 0) is 23.8 Å². The first-order chi connectivity index (χ1) is 13.9. The second kappa shape index (κ2) is 7.16. The van der Waals surface area contributed by atoms with Gasteiger partial charge in [-0.1, -0.05) is 84.9 Å². The highest BCUT2D eigenvalue weighted by Crippen LogP contribution is 2.40. The van der Waals surface area contributed by atoms with Crippen molar-refractivity contribution >= 4 is 7.32 Å². The first-order valence-corrected chi connectivity index (χ1v) is 9.21. The van der Waals surface area contributed by atoms with Gasteiger partial charge in [0.05, 0.1) is 0 Å². The van der Waals surface area contributed by atoms with Gasteiger partial charge >= 0.3 is 7.32 Å². The van der Waals surface area contributed by atoms with Crippen LogP contribution in [0.3, 0.4) is 0 Å². The number of benzene rings is 4. The molecule has 0 bridgehead atoms. The van der Waals surface area contributed by atoms with Crippen LogP contribution in [0.15, 0.2) is 103 Å². The van der Waals surface area contributed by atoms with Crippen LogP contribution in [0, 0.1) is 0 Å². The molecule has 134 valence electrons. The SMILES string of the molecule is c1ccc(-c2ccccc2OB2Oc3ccccc3-c3ccccc3O2)cc1. The molecule has 0 fully saturated rings. The summed E-state index contributed by atoms with van der Waals surface area (Å²) in [5.41, 5.74) is 4.04. The van der Waals surface area contributed by atoms with Gasteiger partial charge < -0.3 is 14.0 Å². The van der Waals surface area contributed by atoms with Crippen molar-refractivity contribution in [3.8, 4) is 39.5 Å². The molecule has 0 amide bonds. The van der Waals surface area contributed by atoms with Crippen LogP contribution in [0.25, 0.3) is 22.3 Å². The monoisotopic (exact) mass is 364 g/mol. The topological polar surface area (TPSA) is 27.7 Å². The van der Waals surface area contributed by atoms with E-state index in [-0.39, 0.29) is 0 Å². The summed E-state index contributed by atoms with van der Waals surface area (Å²) in [6.07, 6.45) is 0. The van der Waals surface area contributed by atoms with Crippen LogP contribution in [0.1, 0.15) is 0 Å². The third-order valence-electron chi connectivity index (χ3n) is 4.71. The summed E-state index contributed by atoms with van der Waals surface area (Å²) < 4.78 is 18.4. The third-order valence-corrected chi connectivity index (χ3v) is 4.71. The molecule has 1 aliphatic heterocycles. The molecule has 0 radical (unpaired) electrons. The smallest absolute Gasteiger partial charge is 0.489 e. The zero-order valence-electron chi connectivity index (χ0n) is 15.1. The van der Waals surface area contributed by atoms with Crippen molar-refractivity contribution in [2.24, 2.45) is 0 Å². The molecule has 4 aromatic carbocycles. The van der Waals surface area contributed by atoms with Crippen LogP contribution >= 0.6 is 0 Å². The number of rotatable bonds is 3. The zero-order chi connectivity index (χ0) is 18.8. The van der Waals surface area contributed by atoms with E-state index >= 15 is 0 Å². The zero-order valence-corrected chi connectivity index (χ0v) is 15.1. The van der Waals surface area contributed by atoms with Gasteiger partial charge in [-0.3, -0.25) is 0 Å². The van der Waals surface area contributed by atoms with Crippen LogP contribution in [0.2, 0.25) is 0 Å². The number of hydrogen-bond acceptors (Lipinski definition) is 3. The third kappa shape index (κ3) is 3.10. The van der Waals surface area contributed by atoms with E-state index in [1.165, 1.54) is 0 Å². The summed E-state index contributed by atoms with van der Waals surface area (Å²) >= 11 is 0. The molecule has 0 aliphatic carbocycles. The summed E-state index contributed by atoms with van der Waals surface area (Å²) in [5.74, 6) is 2.17. The Bertz CT molecular complexity index is 1060. The highest BCUT2D eigenvalue weighted by molar-refractivity contribution is 6.40. The molecule has 0 saturated heterocycles. The Morgan fingerprint density at radius 3 is 1.64 bits per heavy atom. The number of hydrogen-bond donors (Lipinski definition) is 0. The predicted octanol–water partition coefficient (Wildman–Crippen LogP) is 5.86. The minimum Gasteiger partial charge on any atom is -0.489 e. The van der Waals surface area contributed by atoms with Gasteiger partial charge in [0.2, 0.25) is 0 Å². The second-order valence-corrected chi connectivity index (χ2v) is 6.50. The van der Waals surface area contributed by atoms with Gasteiger partial charge in [0.1, 0.15) is 17.2 Å². The van der Waals surface area contributed by atoms with E-state index in [4.69, 9.17) is 14.0 Å². The minimum absolute atomic E-state index is 0.704. The van der Waals surface area contributed by atoms with E-state index in [1.807, 2.05) is 91.0 Å². The average Bonchev–Trinajstić information content (AvgIpc) is 2.91. The first kappa shape index (κ1) is 16.5. The lowest BCUT2D eigenvalue weighted by atomic mass is 10.0. The maximum atomic E-state index is 6.19. The molecule has 1 aliphatic rings. The Kier molecular flexibility index (Phi) is 4.22. The lowest BCUT2D eigenvalue weighted by Crippen LogP contribution is -2.36. The van der Waals surface area contributed by atoms with E-state index in [0.29, 0.717) is 5.75 Å². The van der Waals surface area contributed by atoms with E-state index in [2.05, 4.69) is 12.1 Å². The van der Waals surface area contributed by atoms with Crippen molar-refractivity contribution in [2.75, 3.05) is 0 Å². The van der Waals surface area contributed by atoms with Gasteiger partial charge in [0, 0.05) is 16.7 Å². The van der Waals surface area contributed by atoms with Crippen molar-refractivity contribution in [1.29, 1.82) is 0 Å². The van der Waals surface area contributed by atoms with Crippen LogP contribution in [0.5, 0.6) is 17.2 Å². The van der Waals surface area contributed by atoms with Gasteiger partial charge in [0.15, 0.2) is 0 Å². The van der Waals surface area contributed by atoms with E-state index in [9.17, 15) is 0 Å². The molecule has 0 N–H and O–H groups in total. The van der Waals surface area contributed by atoms with Crippen molar-refractivity contribution in [1.82, 2.24) is 0 Å². The molecule has 4 aromatic rings. The van der Waals surface area contributed by atoms with Crippen LogP contribution in [-0.4, -0.2) is 7.32 Å². The Balaban J connectivity index is 1.53. The molecule has 0 atom stereocenters. The van der Waals surface area contributed by atoms with Crippen LogP contribution in [0.4, 0.5) is 0 Å². The Hall–Kier alpha value is -3.66. The fourth-order valence-corrected chi connectivity index (χ4v) is 3.39. The fraction of sp³-hybridized carbons (Fsp3) is 0. The Morgan fingerprint density at radius 2 is 1.00 bits per heavy atom. The maximum Gasteiger partial charge on any atom is 0.864 e. The van der Waals surface area contributed by atoms with Gasteiger partial charge in [-0.25, -0.2) is 0 Å².